The number of carboxylic acid groups (broad SMARTS) is 1. The summed E-state index contributed by atoms with van der Waals surface area (Å²) in [6.45, 7) is 1.59. The zero-order valence-electron chi connectivity index (χ0n) is 5.34. The quantitative estimate of drug-likeness (QED) is 0.497. The summed E-state index contributed by atoms with van der Waals surface area (Å²) in [4.78, 5) is 11.8. The molecule has 0 atom stereocenters. The van der Waals surface area contributed by atoms with Crippen molar-refractivity contribution in [3.8, 4) is 0 Å². The topological polar surface area (TPSA) is 40.5 Å². The molecule has 0 bridgehead atoms. The molecule has 0 saturated carbocycles. The molecular formula is C5H12NO2P. The van der Waals surface area contributed by atoms with Gasteiger partial charge in [0.1, 0.15) is 0 Å². The zero-order valence-corrected chi connectivity index (χ0v) is 6.75. The first kappa shape index (κ1) is 6.81. The summed E-state index contributed by atoms with van der Waals surface area (Å²) in [5, 5.41) is 8.48. The minimum absolute atomic E-state index is 0.140. The molecule has 1 fully saturated rings. The van der Waals surface area contributed by atoms with Gasteiger partial charge in [0.25, 0.3) is 0 Å². The van der Waals surface area contributed by atoms with E-state index in [0.29, 0.717) is 0 Å². The molecular weight excluding hydrogens is 137 g/mol. The molecule has 1 N–H and O–H groups in total. The third-order valence-corrected chi connectivity index (χ3v) is 3.26. The monoisotopic (exact) mass is 149 g/mol. The van der Waals surface area contributed by atoms with Crippen molar-refractivity contribution in [1.29, 1.82) is 0 Å². The molecule has 1 amide bonds. The van der Waals surface area contributed by atoms with Gasteiger partial charge >= 0.3 is 54.9 Å². The Bertz CT molecular complexity index is 112. The summed E-state index contributed by atoms with van der Waals surface area (Å²) < 4.78 is 0. The van der Waals surface area contributed by atoms with E-state index in [2.05, 4.69) is 0 Å². The molecule has 1 aliphatic heterocycles. The van der Waals surface area contributed by atoms with Gasteiger partial charge in [-0.3, -0.25) is 0 Å². The van der Waals surface area contributed by atoms with Crippen molar-refractivity contribution in [2.45, 2.75) is 0 Å². The molecule has 0 unspecified atom stereocenters. The van der Waals surface area contributed by atoms with Crippen LogP contribution in [0.2, 0.25) is 0 Å². The second-order valence-corrected chi connectivity index (χ2v) is 4.45. The summed E-state index contributed by atoms with van der Waals surface area (Å²) in [6.07, 6.45) is 1.60. The summed E-state index contributed by atoms with van der Waals surface area (Å²) in [5.74, 6) is 0. The van der Waals surface area contributed by atoms with Crippen LogP contribution in [0.3, 0.4) is 0 Å². The van der Waals surface area contributed by atoms with Crippen LogP contribution in [0.15, 0.2) is 0 Å². The Hall–Kier alpha value is -0.300. The Morgan fingerprint density at radius 1 is 1.44 bits per heavy atom. The van der Waals surface area contributed by atoms with Gasteiger partial charge in [-0.2, -0.15) is 0 Å². The van der Waals surface area contributed by atoms with E-state index in [-0.39, 0.29) is 8.58 Å². The minimum atomic E-state index is -0.747. The number of carbonyl (C=O) groups is 1. The van der Waals surface area contributed by atoms with Crippen LogP contribution < -0.4 is 0 Å². The second-order valence-electron chi connectivity index (χ2n) is 2.33. The SMILES string of the molecule is O=C(O)N1CC[PH3]CC1. The number of rotatable bonds is 0. The predicted octanol–water partition coefficient (Wildman–Crippen LogP) is 0.123. The van der Waals surface area contributed by atoms with Crippen LogP contribution >= 0.6 is 8.58 Å². The molecule has 1 rings (SSSR count). The van der Waals surface area contributed by atoms with Gasteiger partial charge in [0.05, 0.1) is 0 Å². The van der Waals surface area contributed by atoms with Gasteiger partial charge in [0, 0.05) is 0 Å². The van der Waals surface area contributed by atoms with Crippen LogP contribution in [-0.4, -0.2) is 41.5 Å². The fourth-order valence-electron chi connectivity index (χ4n) is 1.09. The average molecular weight is 149 g/mol. The van der Waals surface area contributed by atoms with Crippen LogP contribution in [0.4, 0.5) is 4.79 Å². The van der Waals surface area contributed by atoms with Gasteiger partial charge in [-0.25, -0.2) is 0 Å². The molecule has 4 heteroatoms. The molecule has 0 aliphatic carbocycles. The Morgan fingerprint density at radius 2 is 2.00 bits per heavy atom. The first-order chi connectivity index (χ1) is 4.30. The summed E-state index contributed by atoms with van der Waals surface area (Å²) >= 11 is 0. The average Bonchev–Trinajstić information content (AvgIpc) is 1.90. The fraction of sp³-hybridized carbons (Fsp3) is 0.800. The van der Waals surface area contributed by atoms with E-state index in [9.17, 15) is 4.79 Å². The van der Waals surface area contributed by atoms with E-state index < -0.39 is 6.09 Å². The van der Waals surface area contributed by atoms with Crippen molar-refractivity contribution in [2.75, 3.05) is 25.4 Å². The van der Waals surface area contributed by atoms with Gasteiger partial charge in [-0.15, -0.1) is 0 Å². The Kier molecular flexibility index (Phi) is 2.29. The molecule has 1 aliphatic rings. The molecule has 0 aromatic rings. The van der Waals surface area contributed by atoms with Crippen molar-refractivity contribution in [2.24, 2.45) is 0 Å². The first-order valence-electron chi connectivity index (χ1n) is 3.28. The fourth-order valence-corrected chi connectivity index (χ4v) is 2.65. The third kappa shape index (κ3) is 1.83. The predicted molar refractivity (Wildman–Crippen MR) is 40.4 cm³/mol. The maximum absolute atomic E-state index is 10.3. The second kappa shape index (κ2) is 3.02. The van der Waals surface area contributed by atoms with Crippen LogP contribution in [-0.2, 0) is 0 Å². The normalized spacial score (nSPS) is 20.7. The molecule has 0 spiro atoms. The number of hydrogen-bond acceptors (Lipinski definition) is 1. The Morgan fingerprint density at radius 3 is 2.33 bits per heavy atom. The van der Waals surface area contributed by atoms with Crippen LogP contribution in [0, 0.1) is 0 Å². The molecule has 54 valence electrons. The van der Waals surface area contributed by atoms with E-state index in [1.54, 1.807) is 0 Å². The molecule has 0 aromatic carbocycles. The first-order valence-corrected chi connectivity index (χ1v) is 5.28. The van der Waals surface area contributed by atoms with Gasteiger partial charge in [0.15, 0.2) is 0 Å². The third-order valence-electron chi connectivity index (χ3n) is 1.63. The number of amides is 1. The van der Waals surface area contributed by atoms with Crippen LogP contribution in [0.5, 0.6) is 0 Å². The maximum atomic E-state index is 10.3. The zero-order chi connectivity index (χ0) is 6.69. The van der Waals surface area contributed by atoms with Crippen LogP contribution in [0.25, 0.3) is 0 Å². The number of nitrogens with zero attached hydrogens (tertiary/aromatic N) is 1. The van der Waals surface area contributed by atoms with Crippen molar-refractivity contribution in [1.82, 2.24) is 4.90 Å². The van der Waals surface area contributed by atoms with Gasteiger partial charge in [-0.1, -0.05) is 0 Å². The summed E-state index contributed by atoms with van der Waals surface area (Å²) in [7, 11) is 0.140. The molecule has 1 saturated heterocycles. The van der Waals surface area contributed by atoms with Gasteiger partial charge in [-0.05, 0) is 0 Å². The van der Waals surface area contributed by atoms with E-state index in [1.165, 1.54) is 17.2 Å². The van der Waals surface area contributed by atoms with E-state index >= 15 is 0 Å². The van der Waals surface area contributed by atoms with E-state index in [4.69, 9.17) is 5.11 Å². The Balaban J connectivity index is 2.31. The standard InChI is InChI=1S/C5H12NO2P/c7-5(8)6-1-3-9-4-2-6/h1-4H2,9H3,(H,7,8). The molecule has 1 heterocycles. The summed E-state index contributed by atoms with van der Waals surface area (Å²) in [5.41, 5.74) is 0. The van der Waals surface area contributed by atoms with Crippen molar-refractivity contribution in [3.05, 3.63) is 0 Å². The molecule has 3 nitrogen and oxygen atoms in total. The van der Waals surface area contributed by atoms with Gasteiger partial charge in [0.2, 0.25) is 0 Å². The molecule has 0 aromatic heterocycles. The van der Waals surface area contributed by atoms with Crippen molar-refractivity contribution in [3.63, 3.8) is 0 Å². The van der Waals surface area contributed by atoms with Crippen LogP contribution in [0.1, 0.15) is 0 Å². The van der Waals surface area contributed by atoms with Gasteiger partial charge < -0.3 is 0 Å². The van der Waals surface area contributed by atoms with E-state index in [1.807, 2.05) is 0 Å². The number of hydrogen-bond donors (Lipinski definition) is 1. The van der Waals surface area contributed by atoms with Crippen molar-refractivity contribution >= 4 is 14.7 Å². The van der Waals surface area contributed by atoms with E-state index in [0.717, 1.165) is 13.1 Å². The molecule has 0 radical (unpaired) electrons. The molecule has 9 heavy (non-hydrogen) atoms. The summed E-state index contributed by atoms with van der Waals surface area (Å²) in [6, 6.07) is 0. The Labute approximate surface area is 55.8 Å². The van der Waals surface area contributed by atoms with Crippen molar-refractivity contribution < 1.29 is 9.90 Å².